The first-order chi connectivity index (χ1) is 7.42. The molecule has 3 heteroatoms. The van der Waals surface area contributed by atoms with E-state index in [0.29, 0.717) is 0 Å². The maximum Gasteiger partial charge on any atom is 0.123 e. The highest BCUT2D eigenvalue weighted by Crippen LogP contribution is 2.19. The molecule has 0 radical (unpaired) electrons. The summed E-state index contributed by atoms with van der Waals surface area (Å²) in [6.07, 6.45) is 0.762. The molecular weight excluding hydrogens is 205 g/mol. The van der Waals surface area contributed by atoms with E-state index in [0.717, 1.165) is 24.3 Å². The van der Waals surface area contributed by atoms with Crippen molar-refractivity contribution in [1.29, 1.82) is 0 Å². The van der Waals surface area contributed by atoms with Gasteiger partial charge in [0.05, 0.1) is 7.11 Å². The van der Waals surface area contributed by atoms with Gasteiger partial charge in [-0.05, 0) is 57.5 Å². The van der Waals surface area contributed by atoms with Crippen molar-refractivity contribution in [2.24, 2.45) is 0 Å². The molecular formula is C13H20FNO. The van der Waals surface area contributed by atoms with E-state index in [2.05, 4.69) is 26.1 Å². The summed E-state index contributed by atoms with van der Waals surface area (Å²) in [5, 5.41) is 3.36. The summed E-state index contributed by atoms with van der Waals surface area (Å²) < 4.78 is 18.3. The summed E-state index contributed by atoms with van der Waals surface area (Å²) in [7, 11) is 1.61. The molecule has 2 nitrogen and oxygen atoms in total. The quantitative estimate of drug-likeness (QED) is 0.850. The summed E-state index contributed by atoms with van der Waals surface area (Å²) >= 11 is 0. The Morgan fingerprint density at radius 1 is 1.31 bits per heavy atom. The predicted octanol–water partition coefficient (Wildman–Crippen LogP) is 2.76. The second-order valence-electron chi connectivity index (χ2n) is 4.88. The highest BCUT2D eigenvalue weighted by Gasteiger charge is 2.09. The molecule has 0 saturated heterocycles. The number of halogens is 1. The zero-order valence-corrected chi connectivity index (χ0v) is 10.4. The molecule has 0 aromatic heterocycles. The summed E-state index contributed by atoms with van der Waals surface area (Å²) in [6.45, 7) is 7.13. The van der Waals surface area contributed by atoms with Crippen molar-refractivity contribution < 1.29 is 9.13 Å². The summed E-state index contributed by atoms with van der Waals surface area (Å²) in [5.41, 5.74) is 0.986. The molecule has 0 heterocycles. The molecule has 0 aliphatic rings. The lowest BCUT2D eigenvalue weighted by atomic mass is 10.1. The second kappa shape index (κ2) is 5.30. The number of hydrogen-bond donors (Lipinski definition) is 1. The molecule has 0 amide bonds. The summed E-state index contributed by atoms with van der Waals surface area (Å²) in [4.78, 5) is 0. The van der Waals surface area contributed by atoms with Crippen LogP contribution in [0, 0.1) is 5.82 Å². The van der Waals surface area contributed by atoms with Crippen molar-refractivity contribution in [2.45, 2.75) is 32.7 Å². The van der Waals surface area contributed by atoms with E-state index in [9.17, 15) is 4.39 Å². The van der Waals surface area contributed by atoms with Gasteiger partial charge in [0, 0.05) is 5.54 Å². The van der Waals surface area contributed by atoms with Crippen LogP contribution in [-0.2, 0) is 6.42 Å². The third kappa shape index (κ3) is 4.19. The first-order valence-corrected chi connectivity index (χ1v) is 5.50. The fraction of sp³-hybridized carbons (Fsp3) is 0.538. The molecule has 0 saturated carbocycles. The van der Waals surface area contributed by atoms with Crippen LogP contribution >= 0.6 is 0 Å². The Hall–Kier alpha value is -1.09. The molecule has 90 valence electrons. The Bertz CT molecular complexity index is 344. The largest absolute Gasteiger partial charge is 0.496 e. The topological polar surface area (TPSA) is 21.3 Å². The first-order valence-electron chi connectivity index (χ1n) is 5.50. The number of rotatable bonds is 4. The molecule has 1 N–H and O–H groups in total. The standard InChI is InChI=1S/C13H20FNO/c1-13(2,3)15-8-7-10-9-11(14)5-6-12(10)16-4/h5-6,9,15H,7-8H2,1-4H3. The van der Waals surface area contributed by atoms with E-state index in [1.807, 2.05) is 0 Å². The van der Waals surface area contributed by atoms with E-state index in [1.54, 1.807) is 13.2 Å². The van der Waals surface area contributed by atoms with Crippen LogP contribution in [0.2, 0.25) is 0 Å². The smallest absolute Gasteiger partial charge is 0.123 e. The van der Waals surface area contributed by atoms with E-state index in [1.165, 1.54) is 12.1 Å². The molecule has 0 unspecified atom stereocenters. The van der Waals surface area contributed by atoms with Crippen LogP contribution in [0.5, 0.6) is 5.75 Å². The van der Waals surface area contributed by atoms with Crippen molar-refractivity contribution in [1.82, 2.24) is 5.32 Å². The number of benzene rings is 1. The van der Waals surface area contributed by atoms with Crippen LogP contribution < -0.4 is 10.1 Å². The molecule has 0 spiro atoms. The van der Waals surface area contributed by atoms with Crippen molar-refractivity contribution in [2.75, 3.05) is 13.7 Å². The van der Waals surface area contributed by atoms with Crippen LogP contribution in [0.1, 0.15) is 26.3 Å². The zero-order chi connectivity index (χ0) is 12.2. The van der Waals surface area contributed by atoms with Crippen molar-refractivity contribution in [3.63, 3.8) is 0 Å². The minimum atomic E-state index is -0.216. The van der Waals surface area contributed by atoms with Gasteiger partial charge < -0.3 is 10.1 Å². The highest BCUT2D eigenvalue weighted by atomic mass is 19.1. The van der Waals surface area contributed by atoms with Gasteiger partial charge in [-0.25, -0.2) is 4.39 Å². The highest BCUT2D eigenvalue weighted by molar-refractivity contribution is 5.34. The normalized spacial score (nSPS) is 11.6. The second-order valence-corrected chi connectivity index (χ2v) is 4.88. The van der Waals surface area contributed by atoms with Gasteiger partial charge in [-0.15, -0.1) is 0 Å². The molecule has 0 fully saturated rings. The SMILES string of the molecule is COc1ccc(F)cc1CCNC(C)(C)C. The van der Waals surface area contributed by atoms with E-state index in [4.69, 9.17) is 4.74 Å². The predicted molar refractivity (Wildman–Crippen MR) is 64.4 cm³/mol. The van der Waals surface area contributed by atoms with Crippen LogP contribution in [0.25, 0.3) is 0 Å². The van der Waals surface area contributed by atoms with Gasteiger partial charge >= 0.3 is 0 Å². The number of nitrogens with one attached hydrogen (secondary N) is 1. The molecule has 0 aliphatic heterocycles. The molecule has 0 atom stereocenters. The fourth-order valence-electron chi connectivity index (χ4n) is 1.51. The minimum absolute atomic E-state index is 0.0839. The van der Waals surface area contributed by atoms with Gasteiger partial charge in [-0.1, -0.05) is 0 Å². The lowest BCUT2D eigenvalue weighted by Crippen LogP contribution is -2.37. The number of ether oxygens (including phenoxy) is 1. The lowest BCUT2D eigenvalue weighted by molar-refractivity contribution is 0.401. The van der Waals surface area contributed by atoms with Crippen molar-refractivity contribution in [3.05, 3.63) is 29.6 Å². The van der Waals surface area contributed by atoms with Crippen LogP contribution in [0.15, 0.2) is 18.2 Å². The third-order valence-corrected chi connectivity index (χ3v) is 2.29. The lowest BCUT2D eigenvalue weighted by Gasteiger charge is -2.20. The molecule has 0 bridgehead atoms. The Morgan fingerprint density at radius 2 is 2.00 bits per heavy atom. The Labute approximate surface area is 96.8 Å². The Kier molecular flexibility index (Phi) is 4.30. The van der Waals surface area contributed by atoms with Gasteiger partial charge in [-0.3, -0.25) is 0 Å². The molecule has 1 rings (SSSR count). The minimum Gasteiger partial charge on any atom is -0.496 e. The Morgan fingerprint density at radius 3 is 2.56 bits per heavy atom. The van der Waals surface area contributed by atoms with Gasteiger partial charge in [0.1, 0.15) is 11.6 Å². The zero-order valence-electron chi connectivity index (χ0n) is 10.4. The Balaban J connectivity index is 2.62. The average molecular weight is 225 g/mol. The van der Waals surface area contributed by atoms with Crippen molar-refractivity contribution >= 4 is 0 Å². The third-order valence-electron chi connectivity index (χ3n) is 2.29. The van der Waals surface area contributed by atoms with E-state index < -0.39 is 0 Å². The van der Waals surface area contributed by atoms with Crippen LogP contribution in [0.3, 0.4) is 0 Å². The van der Waals surface area contributed by atoms with Gasteiger partial charge in [0.25, 0.3) is 0 Å². The number of hydrogen-bond acceptors (Lipinski definition) is 2. The fourth-order valence-corrected chi connectivity index (χ4v) is 1.51. The monoisotopic (exact) mass is 225 g/mol. The van der Waals surface area contributed by atoms with E-state index in [-0.39, 0.29) is 11.4 Å². The maximum atomic E-state index is 13.1. The van der Waals surface area contributed by atoms with Crippen LogP contribution in [0.4, 0.5) is 4.39 Å². The summed E-state index contributed by atoms with van der Waals surface area (Å²) in [5.74, 6) is 0.531. The molecule has 16 heavy (non-hydrogen) atoms. The number of methoxy groups -OCH3 is 1. The van der Waals surface area contributed by atoms with Crippen LogP contribution in [-0.4, -0.2) is 19.2 Å². The molecule has 0 aliphatic carbocycles. The maximum absolute atomic E-state index is 13.1. The van der Waals surface area contributed by atoms with Gasteiger partial charge in [-0.2, -0.15) is 0 Å². The van der Waals surface area contributed by atoms with E-state index >= 15 is 0 Å². The summed E-state index contributed by atoms with van der Waals surface area (Å²) in [6, 6.07) is 4.62. The molecule has 1 aromatic rings. The first kappa shape index (κ1) is 13.0. The average Bonchev–Trinajstić information content (AvgIpc) is 2.16. The van der Waals surface area contributed by atoms with Crippen molar-refractivity contribution in [3.8, 4) is 5.75 Å². The van der Waals surface area contributed by atoms with Gasteiger partial charge in [0.2, 0.25) is 0 Å². The molecule has 1 aromatic carbocycles. The van der Waals surface area contributed by atoms with Gasteiger partial charge in [0.15, 0.2) is 0 Å².